The number of fused-ring (bicyclic) bond motifs is 5. The van der Waals surface area contributed by atoms with Crippen LogP contribution >= 0.6 is 0 Å². The van der Waals surface area contributed by atoms with Gasteiger partial charge in [0.1, 0.15) is 5.75 Å². The molecule has 0 bridgehead atoms. The summed E-state index contributed by atoms with van der Waals surface area (Å²) in [7, 11) is 0. The molecule has 0 amide bonds. The smallest absolute Gasteiger partial charge is 0.115 e. The minimum atomic E-state index is 0.420. The summed E-state index contributed by atoms with van der Waals surface area (Å²) in [5.41, 5.74) is 4.93. The summed E-state index contributed by atoms with van der Waals surface area (Å²) in [5, 5.41) is 9.77. The molecule has 2 unspecified atom stereocenters. The number of aryl methyl sites for hydroxylation is 1. The van der Waals surface area contributed by atoms with E-state index in [1.807, 2.05) is 12.1 Å². The molecule has 23 heavy (non-hydrogen) atoms. The first-order chi connectivity index (χ1) is 11.1. The average molecular weight is 310 g/mol. The zero-order valence-corrected chi connectivity index (χ0v) is 14.6. The Hall–Kier alpha value is -1.24. The van der Waals surface area contributed by atoms with Crippen LogP contribution in [0.3, 0.4) is 0 Å². The Bertz CT molecular complexity index is 629. The Morgan fingerprint density at radius 1 is 1.22 bits per heavy atom. The Labute approximate surface area is 140 Å². The number of allylic oxidation sites excluding steroid dienone is 2. The quantitative estimate of drug-likeness (QED) is 0.729. The number of rotatable bonds is 3. The average Bonchev–Trinajstić information content (AvgIpc) is 2.89. The van der Waals surface area contributed by atoms with Gasteiger partial charge in [0.25, 0.3) is 0 Å². The van der Waals surface area contributed by atoms with Gasteiger partial charge in [0.2, 0.25) is 0 Å². The molecule has 1 aromatic rings. The van der Waals surface area contributed by atoms with Gasteiger partial charge in [-0.25, -0.2) is 0 Å². The minimum Gasteiger partial charge on any atom is -0.508 e. The summed E-state index contributed by atoms with van der Waals surface area (Å²) in [6.07, 6.45) is 13.3. The highest BCUT2D eigenvalue weighted by atomic mass is 16.3. The molecule has 0 spiro atoms. The second-order valence-corrected chi connectivity index (χ2v) is 8.38. The van der Waals surface area contributed by atoms with Crippen molar-refractivity contribution in [3.05, 3.63) is 35.4 Å². The molecule has 0 radical (unpaired) electrons. The topological polar surface area (TPSA) is 20.2 Å². The molecule has 1 N–H and O–H groups in total. The van der Waals surface area contributed by atoms with Crippen LogP contribution in [0.15, 0.2) is 24.3 Å². The van der Waals surface area contributed by atoms with Gasteiger partial charge in [-0.05, 0) is 90.5 Å². The van der Waals surface area contributed by atoms with E-state index in [0.717, 1.165) is 24.2 Å². The third kappa shape index (κ3) is 2.35. The molecular weight excluding hydrogens is 280 g/mol. The second kappa shape index (κ2) is 5.69. The minimum absolute atomic E-state index is 0.420. The molecule has 3 aliphatic carbocycles. The van der Waals surface area contributed by atoms with Crippen molar-refractivity contribution < 1.29 is 5.11 Å². The lowest BCUT2D eigenvalue weighted by molar-refractivity contribution is 0.110. The first-order valence-corrected chi connectivity index (χ1v) is 9.66. The molecule has 1 aromatic carbocycles. The number of phenolic OH excluding ortho intramolecular Hbond substituents is 1. The van der Waals surface area contributed by atoms with Gasteiger partial charge in [0, 0.05) is 0 Å². The van der Waals surface area contributed by atoms with Crippen LogP contribution in [0.2, 0.25) is 0 Å². The van der Waals surface area contributed by atoms with Crippen molar-refractivity contribution >= 4 is 5.57 Å². The fourth-order valence-corrected chi connectivity index (χ4v) is 5.99. The van der Waals surface area contributed by atoms with Crippen molar-refractivity contribution in [2.45, 2.75) is 65.2 Å². The summed E-state index contributed by atoms with van der Waals surface area (Å²) in [6, 6.07) is 6.02. The third-order valence-corrected chi connectivity index (χ3v) is 7.28. The summed E-state index contributed by atoms with van der Waals surface area (Å²) >= 11 is 0. The maximum atomic E-state index is 9.77. The number of phenols is 1. The predicted molar refractivity (Wildman–Crippen MR) is 96.4 cm³/mol. The van der Waals surface area contributed by atoms with Crippen LogP contribution in [0.1, 0.15) is 69.9 Å². The van der Waals surface area contributed by atoms with E-state index in [9.17, 15) is 5.11 Å². The molecule has 0 heterocycles. The van der Waals surface area contributed by atoms with E-state index in [1.54, 1.807) is 5.57 Å². The highest BCUT2D eigenvalue weighted by Gasteiger charge is 2.51. The first kappa shape index (κ1) is 15.3. The Balaban J connectivity index is 1.66. The zero-order chi connectivity index (χ0) is 16.0. The maximum absolute atomic E-state index is 9.77. The van der Waals surface area contributed by atoms with Gasteiger partial charge in [-0.2, -0.15) is 0 Å². The number of aromatic hydroxyl groups is 1. The molecule has 1 fully saturated rings. The second-order valence-electron chi connectivity index (χ2n) is 8.38. The van der Waals surface area contributed by atoms with E-state index in [0.29, 0.717) is 11.2 Å². The molecule has 0 aliphatic heterocycles. The molecule has 4 atom stereocenters. The van der Waals surface area contributed by atoms with Crippen molar-refractivity contribution in [1.82, 2.24) is 0 Å². The maximum Gasteiger partial charge on any atom is 0.115 e. The lowest BCUT2D eigenvalue weighted by Crippen LogP contribution is -2.37. The van der Waals surface area contributed by atoms with Crippen LogP contribution in [-0.2, 0) is 6.42 Å². The summed E-state index contributed by atoms with van der Waals surface area (Å²) in [4.78, 5) is 0. The monoisotopic (exact) mass is 310 g/mol. The Morgan fingerprint density at radius 3 is 2.91 bits per heavy atom. The van der Waals surface area contributed by atoms with Crippen molar-refractivity contribution in [2.75, 3.05) is 0 Å². The van der Waals surface area contributed by atoms with Gasteiger partial charge in [0.15, 0.2) is 0 Å². The highest BCUT2D eigenvalue weighted by molar-refractivity contribution is 5.73. The van der Waals surface area contributed by atoms with Crippen molar-refractivity contribution in [3.63, 3.8) is 0 Å². The van der Waals surface area contributed by atoms with Gasteiger partial charge in [-0.3, -0.25) is 0 Å². The van der Waals surface area contributed by atoms with Crippen LogP contribution in [-0.4, -0.2) is 5.11 Å². The fourth-order valence-electron chi connectivity index (χ4n) is 5.99. The first-order valence-electron chi connectivity index (χ1n) is 9.66. The standard InChI is InChI=1S/C22H30O/c1-3-4-5-16-7-11-21-20-9-6-15-14-17(23)8-10-18(15)19(20)12-13-22(16,21)2/h8,10,12,14,16,20-21,23H,3-7,9,11,13H2,1-2H3/t16-,20?,21?,22+/m0/s1. The van der Waals surface area contributed by atoms with Gasteiger partial charge < -0.3 is 5.11 Å². The molecule has 1 heteroatoms. The van der Waals surface area contributed by atoms with Crippen molar-refractivity contribution in [1.29, 1.82) is 0 Å². The van der Waals surface area contributed by atoms with E-state index in [-0.39, 0.29) is 0 Å². The summed E-state index contributed by atoms with van der Waals surface area (Å²) < 4.78 is 0. The van der Waals surface area contributed by atoms with Crippen LogP contribution < -0.4 is 0 Å². The number of hydrogen-bond acceptors (Lipinski definition) is 1. The van der Waals surface area contributed by atoms with E-state index in [1.165, 1.54) is 56.1 Å². The SMILES string of the molecule is CCCC[C@H]1CCC2C3CCc4cc(O)ccc4C3=CC[C@@]21C. The molecule has 3 aliphatic rings. The van der Waals surface area contributed by atoms with Crippen LogP contribution in [0.25, 0.3) is 5.57 Å². The number of unbranched alkanes of at least 4 members (excludes halogenated alkanes) is 1. The Morgan fingerprint density at radius 2 is 2.09 bits per heavy atom. The van der Waals surface area contributed by atoms with Crippen LogP contribution in [0, 0.1) is 23.2 Å². The summed E-state index contributed by atoms with van der Waals surface area (Å²) in [5.74, 6) is 3.00. The van der Waals surface area contributed by atoms with E-state index in [2.05, 4.69) is 26.0 Å². The molecule has 0 saturated heterocycles. The molecule has 1 saturated carbocycles. The van der Waals surface area contributed by atoms with Crippen LogP contribution in [0.5, 0.6) is 5.75 Å². The Kier molecular flexibility index (Phi) is 3.78. The fraction of sp³-hybridized carbons (Fsp3) is 0.636. The summed E-state index contributed by atoms with van der Waals surface area (Å²) in [6.45, 7) is 4.91. The van der Waals surface area contributed by atoms with Crippen molar-refractivity contribution in [3.8, 4) is 5.75 Å². The van der Waals surface area contributed by atoms with Crippen molar-refractivity contribution in [2.24, 2.45) is 23.2 Å². The largest absolute Gasteiger partial charge is 0.508 e. The van der Waals surface area contributed by atoms with Gasteiger partial charge in [0.05, 0.1) is 0 Å². The molecule has 4 rings (SSSR count). The third-order valence-electron chi connectivity index (χ3n) is 7.28. The van der Waals surface area contributed by atoms with E-state index >= 15 is 0 Å². The number of benzene rings is 1. The molecule has 0 aromatic heterocycles. The molecule has 1 nitrogen and oxygen atoms in total. The van der Waals surface area contributed by atoms with E-state index < -0.39 is 0 Å². The van der Waals surface area contributed by atoms with Gasteiger partial charge in [-0.1, -0.05) is 38.8 Å². The van der Waals surface area contributed by atoms with Gasteiger partial charge in [-0.15, -0.1) is 0 Å². The van der Waals surface area contributed by atoms with Crippen LogP contribution in [0.4, 0.5) is 0 Å². The molecular formula is C22H30O. The lowest BCUT2D eigenvalue weighted by Gasteiger charge is -2.47. The van der Waals surface area contributed by atoms with E-state index in [4.69, 9.17) is 0 Å². The molecule has 124 valence electrons. The zero-order valence-electron chi connectivity index (χ0n) is 14.6. The highest BCUT2D eigenvalue weighted by Crippen LogP contribution is 2.61. The predicted octanol–water partition coefficient (Wildman–Crippen LogP) is 5.96. The van der Waals surface area contributed by atoms with Gasteiger partial charge >= 0.3 is 0 Å². The lowest BCUT2D eigenvalue weighted by atomic mass is 9.58. The normalized spacial score (nSPS) is 35.2. The number of hydrogen-bond donors (Lipinski definition) is 1.